The van der Waals surface area contributed by atoms with Crippen LogP contribution in [0.1, 0.15) is 0 Å². The van der Waals surface area contributed by atoms with Crippen LogP contribution in [0.2, 0.25) is 5.28 Å². The minimum Gasteiger partial charge on any atom is -0.288 e. The van der Waals surface area contributed by atoms with Gasteiger partial charge in [0.2, 0.25) is 0 Å². The molecular formula is C7H6ClN2+. The number of rotatable bonds is 0. The lowest BCUT2D eigenvalue weighted by atomic mass is 10.3. The molecule has 10 heavy (non-hydrogen) atoms. The van der Waals surface area contributed by atoms with Crippen LogP contribution in [-0.4, -0.2) is 9.97 Å². The largest absolute Gasteiger partial charge is 0.396 e. The number of nitrogens with zero attached hydrogens (tertiary/aromatic N) is 1. The van der Waals surface area contributed by atoms with E-state index in [0.717, 1.165) is 11.0 Å². The predicted octanol–water partition coefficient (Wildman–Crippen LogP) is 1.26. The van der Waals surface area contributed by atoms with E-state index in [-0.39, 0.29) is 0 Å². The van der Waals surface area contributed by atoms with Crippen LogP contribution < -0.4 is 0 Å². The number of aromatic amines is 1. The van der Waals surface area contributed by atoms with Crippen LogP contribution in [0.15, 0.2) is 24.3 Å². The molecule has 0 aliphatic carbocycles. The molecule has 0 fully saturated rings. The normalized spacial score (nSPS) is 10.5. The van der Waals surface area contributed by atoms with Gasteiger partial charge in [0.25, 0.3) is 0 Å². The summed E-state index contributed by atoms with van der Waals surface area (Å²) in [6, 6.07) is 7.78. The zero-order valence-corrected chi connectivity index (χ0v) is 5.98. The van der Waals surface area contributed by atoms with E-state index < -0.39 is 0 Å². The first kappa shape index (κ1) is 5.74. The molecule has 2 rings (SSSR count). The van der Waals surface area contributed by atoms with Gasteiger partial charge in [-0.05, 0) is 12.1 Å². The highest BCUT2D eigenvalue weighted by molar-refractivity contribution is 5.74. The fraction of sp³-hybridized carbons (Fsp3) is 0. The van der Waals surface area contributed by atoms with Crippen molar-refractivity contribution in [2.45, 2.75) is 0 Å². The van der Waals surface area contributed by atoms with Crippen molar-refractivity contribution in [1.29, 1.82) is 0 Å². The average Bonchev–Trinajstić information content (AvgIpc) is 2.27. The number of hydrogen-bond acceptors (Lipinski definition) is 1. The van der Waals surface area contributed by atoms with E-state index in [1.54, 1.807) is 0 Å². The zero-order valence-electron chi connectivity index (χ0n) is 5.16. The molecule has 0 bridgehead atoms. The molecule has 0 saturated carbocycles. The zero-order chi connectivity index (χ0) is 6.97. The number of fused-ring (bicyclic) bond motifs is 1. The van der Waals surface area contributed by atoms with E-state index >= 15 is 0 Å². The van der Waals surface area contributed by atoms with Crippen molar-refractivity contribution >= 4 is 11.0 Å². The average molecular weight is 154 g/mol. The lowest BCUT2D eigenvalue weighted by molar-refractivity contribution is -0.302. The van der Waals surface area contributed by atoms with E-state index in [4.69, 9.17) is 11.6 Å². The molecule has 3 heteroatoms. The van der Waals surface area contributed by atoms with E-state index in [1.807, 2.05) is 24.3 Å². The molecule has 0 saturated heterocycles. The second kappa shape index (κ2) is 1.99. The molecule has 2 aromatic rings. The SMILES string of the molecule is [ClH+]c1nc2ccccc2[nH]1. The number of hydrogen-bond donors (Lipinski definition) is 1. The quantitative estimate of drug-likeness (QED) is 0.607. The van der Waals surface area contributed by atoms with Gasteiger partial charge in [-0.3, -0.25) is 4.98 Å². The first-order valence-corrected chi connectivity index (χ1v) is 3.39. The maximum Gasteiger partial charge on any atom is 0.396 e. The summed E-state index contributed by atoms with van der Waals surface area (Å²) in [7, 11) is 0. The minimum atomic E-state index is 0.557. The number of para-hydroxylation sites is 2. The Kier molecular flexibility index (Phi) is 1.14. The van der Waals surface area contributed by atoms with Crippen LogP contribution in [0, 0.1) is 11.6 Å². The van der Waals surface area contributed by atoms with Gasteiger partial charge in [0.1, 0.15) is 0 Å². The molecule has 0 spiro atoms. The van der Waals surface area contributed by atoms with Gasteiger partial charge in [-0.2, -0.15) is 4.98 Å². The van der Waals surface area contributed by atoms with Gasteiger partial charge in [0.15, 0.2) is 11.6 Å². The topological polar surface area (TPSA) is 28.7 Å². The molecule has 50 valence electrons. The van der Waals surface area contributed by atoms with E-state index in [9.17, 15) is 0 Å². The lowest BCUT2D eigenvalue weighted by Crippen LogP contribution is -1.65. The van der Waals surface area contributed by atoms with E-state index in [2.05, 4.69) is 9.97 Å². The van der Waals surface area contributed by atoms with Gasteiger partial charge in [0, 0.05) is 0 Å². The molecule has 1 aromatic carbocycles. The summed E-state index contributed by atoms with van der Waals surface area (Å²) in [6.45, 7) is 0. The summed E-state index contributed by atoms with van der Waals surface area (Å²) in [5.74, 6) is 0. The smallest absolute Gasteiger partial charge is 0.288 e. The molecule has 1 N–H and O–H groups in total. The van der Waals surface area contributed by atoms with Crippen LogP contribution >= 0.6 is 0 Å². The summed E-state index contributed by atoms with van der Waals surface area (Å²) < 4.78 is 0. The third kappa shape index (κ3) is 0.772. The number of nitrogens with one attached hydrogen (secondary N) is 1. The van der Waals surface area contributed by atoms with Gasteiger partial charge >= 0.3 is 5.28 Å². The Bertz CT molecular complexity index is 320. The first-order chi connectivity index (χ1) is 4.86. The molecular weight excluding hydrogens is 148 g/mol. The number of aromatic nitrogens is 2. The molecule has 0 aliphatic rings. The highest BCUT2D eigenvalue weighted by atomic mass is 35.5. The molecule has 0 atom stereocenters. The Morgan fingerprint density at radius 2 is 2.10 bits per heavy atom. The molecule has 0 amide bonds. The van der Waals surface area contributed by atoms with Crippen LogP contribution in [0.5, 0.6) is 0 Å². The van der Waals surface area contributed by atoms with Crippen molar-refractivity contribution in [3.63, 3.8) is 0 Å². The number of imidazole rings is 1. The first-order valence-electron chi connectivity index (χ1n) is 2.98. The summed E-state index contributed by atoms with van der Waals surface area (Å²) in [4.78, 5) is 7.03. The Morgan fingerprint density at radius 1 is 1.30 bits per heavy atom. The standard InChI is InChI=1S/C7H6ClN2/c8-7-9-5-3-1-2-4-6(5)10-7/h1-4,8H,(H,9,10)/q+1. The number of halogens is 1. The molecule has 0 aliphatic heterocycles. The van der Waals surface area contributed by atoms with Gasteiger partial charge < -0.3 is 0 Å². The predicted molar refractivity (Wildman–Crippen MR) is 36.6 cm³/mol. The van der Waals surface area contributed by atoms with Gasteiger partial charge in [0.05, 0.1) is 11.0 Å². The van der Waals surface area contributed by atoms with Gasteiger partial charge in [-0.15, -0.1) is 0 Å². The number of H-pyrrole nitrogens is 1. The maximum absolute atomic E-state index is 4.85. The van der Waals surface area contributed by atoms with Gasteiger partial charge in [-0.25, -0.2) is 0 Å². The summed E-state index contributed by atoms with van der Waals surface area (Å²) in [6.07, 6.45) is 0. The Labute approximate surface area is 62.8 Å². The lowest BCUT2D eigenvalue weighted by Gasteiger charge is -1.80. The van der Waals surface area contributed by atoms with Crippen molar-refractivity contribution in [1.82, 2.24) is 9.97 Å². The number of benzene rings is 1. The van der Waals surface area contributed by atoms with Crippen molar-refractivity contribution in [2.24, 2.45) is 0 Å². The van der Waals surface area contributed by atoms with Crippen molar-refractivity contribution in [3.05, 3.63) is 29.5 Å². The van der Waals surface area contributed by atoms with E-state index in [0.29, 0.717) is 5.28 Å². The van der Waals surface area contributed by atoms with Crippen LogP contribution in [0.4, 0.5) is 0 Å². The maximum atomic E-state index is 4.85. The summed E-state index contributed by atoms with van der Waals surface area (Å²) in [5.41, 5.74) is 1.94. The summed E-state index contributed by atoms with van der Waals surface area (Å²) >= 11 is 4.85. The highest BCUT2D eigenvalue weighted by Gasteiger charge is 2.02. The Balaban J connectivity index is 2.88. The fourth-order valence-corrected chi connectivity index (χ4v) is 1.14. The Morgan fingerprint density at radius 3 is 2.90 bits per heavy atom. The van der Waals surface area contributed by atoms with Crippen LogP contribution in [0.3, 0.4) is 0 Å². The monoisotopic (exact) mass is 153 g/mol. The second-order valence-electron chi connectivity index (χ2n) is 2.06. The molecule has 1 aromatic heterocycles. The van der Waals surface area contributed by atoms with Crippen molar-refractivity contribution in [3.8, 4) is 0 Å². The van der Waals surface area contributed by atoms with Crippen LogP contribution in [-0.2, 0) is 0 Å². The van der Waals surface area contributed by atoms with Crippen molar-refractivity contribution in [2.75, 3.05) is 0 Å². The highest BCUT2D eigenvalue weighted by Crippen LogP contribution is 2.09. The third-order valence-electron chi connectivity index (χ3n) is 1.37. The van der Waals surface area contributed by atoms with Crippen molar-refractivity contribution < 1.29 is 11.6 Å². The second-order valence-corrected chi connectivity index (χ2v) is 2.45. The van der Waals surface area contributed by atoms with Gasteiger partial charge in [-0.1, -0.05) is 12.1 Å². The molecule has 0 unspecified atom stereocenters. The van der Waals surface area contributed by atoms with Crippen LogP contribution in [0.25, 0.3) is 11.0 Å². The molecule has 2 nitrogen and oxygen atoms in total. The Hall–Kier alpha value is -1.02. The molecule has 1 heterocycles. The third-order valence-corrected chi connectivity index (χ3v) is 1.56. The summed E-state index contributed by atoms with van der Waals surface area (Å²) in [5, 5.41) is 0.557. The van der Waals surface area contributed by atoms with E-state index in [1.165, 1.54) is 0 Å². The molecule has 0 radical (unpaired) electrons. The minimum absolute atomic E-state index is 0.557. The fourth-order valence-electron chi connectivity index (χ4n) is 0.929.